The van der Waals surface area contributed by atoms with E-state index in [0.717, 1.165) is 34.9 Å². The third-order valence-corrected chi connectivity index (χ3v) is 5.25. The Morgan fingerprint density at radius 3 is 2.71 bits per heavy atom. The Bertz CT molecular complexity index is 882. The number of pyridine rings is 1. The van der Waals surface area contributed by atoms with Crippen molar-refractivity contribution in [3.05, 3.63) is 60.4 Å². The summed E-state index contributed by atoms with van der Waals surface area (Å²) in [6, 6.07) is 14.2. The van der Waals surface area contributed by atoms with Crippen LogP contribution in [0.5, 0.6) is 0 Å². The molecule has 3 aromatic rings. The van der Waals surface area contributed by atoms with E-state index in [2.05, 4.69) is 39.6 Å². The van der Waals surface area contributed by atoms with Gasteiger partial charge >= 0.3 is 0 Å². The highest BCUT2D eigenvalue weighted by molar-refractivity contribution is 7.99. The number of hydrogen-bond donors (Lipinski definition) is 1. The third-order valence-electron chi connectivity index (χ3n) is 4.28. The second-order valence-electron chi connectivity index (χ2n) is 6.67. The number of aromatic nitrogens is 4. The summed E-state index contributed by atoms with van der Waals surface area (Å²) in [6.45, 7) is 4.78. The molecule has 0 fully saturated rings. The van der Waals surface area contributed by atoms with Crippen LogP contribution in [0.3, 0.4) is 0 Å². The summed E-state index contributed by atoms with van der Waals surface area (Å²) in [4.78, 5) is 16.4. The lowest BCUT2D eigenvalue weighted by molar-refractivity contribution is -0.119. The first kappa shape index (κ1) is 20.1. The molecular weight excluding hydrogens is 370 g/mol. The van der Waals surface area contributed by atoms with Crippen molar-refractivity contribution in [1.29, 1.82) is 0 Å². The molecule has 146 valence electrons. The molecule has 1 aromatic carbocycles. The maximum Gasteiger partial charge on any atom is 0.230 e. The van der Waals surface area contributed by atoms with Crippen molar-refractivity contribution in [1.82, 2.24) is 25.1 Å². The van der Waals surface area contributed by atoms with E-state index in [1.54, 1.807) is 12.4 Å². The summed E-state index contributed by atoms with van der Waals surface area (Å²) in [5, 5.41) is 12.5. The van der Waals surface area contributed by atoms with Gasteiger partial charge in [0.15, 0.2) is 11.0 Å². The lowest BCUT2D eigenvalue weighted by Crippen LogP contribution is -2.33. The molecule has 6 nitrogen and oxygen atoms in total. The smallest absolute Gasteiger partial charge is 0.230 e. The molecular formula is C21H25N5OS. The fourth-order valence-corrected chi connectivity index (χ4v) is 3.71. The minimum Gasteiger partial charge on any atom is -0.353 e. The van der Waals surface area contributed by atoms with Crippen LogP contribution in [0.25, 0.3) is 11.4 Å². The number of thioether (sulfide) groups is 1. The van der Waals surface area contributed by atoms with Crippen LogP contribution in [0.4, 0.5) is 0 Å². The number of carbonyl (C=O) groups is 1. The van der Waals surface area contributed by atoms with Crippen LogP contribution < -0.4 is 5.32 Å². The SMILES string of the molecule is CCC[C@H](C)NC(=O)CSc1nnc(-c2cccnc2)n1Cc1ccccc1. The average Bonchev–Trinajstić information content (AvgIpc) is 3.10. The van der Waals surface area contributed by atoms with Gasteiger partial charge in [0.25, 0.3) is 0 Å². The van der Waals surface area contributed by atoms with E-state index in [4.69, 9.17) is 0 Å². The Hall–Kier alpha value is -2.67. The van der Waals surface area contributed by atoms with E-state index in [0.29, 0.717) is 12.3 Å². The van der Waals surface area contributed by atoms with Crippen LogP contribution in [0.15, 0.2) is 60.0 Å². The van der Waals surface area contributed by atoms with Gasteiger partial charge in [0, 0.05) is 24.0 Å². The molecule has 0 saturated carbocycles. The number of nitrogens with zero attached hydrogens (tertiary/aromatic N) is 4. The second kappa shape index (κ2) is 10.0. The second-order valence-corrected chi connectivity index (χ2v) is 7.61. The zero-order chi connectivity index (χ0) is 19.8. The Morgan fingerprint density at radius 2 is 2.00 bits per heavy atom. The number of hydrogen-bond acceptors (Lipinski definition) is 5. The number of carbonyl (C=O) groups excluding carboxylic acids is 1. The first-order valence-electron chi connectivity index (χ1n) is 9.47. The maximum atomic E-state index is 12.2. The molecule has 0 aliphatic carbocycles. The minimum atomic E-state index is 0.0168. The van der Waals surface area contributed by atoms with Gasteiger partial charge in [-0.1, -0.05) is 55.4 Å². The lowest BCUT2D eigenvalue weighted by Gasteiger charge is -2.13. The molecule has 2 aromatic heterocycles. The molecule has 0 unspecified atom stereocenters. The van der Waals surface area contributed by atoms with E-state index < -0.39 is 0 Å². The van der Waals surface area contributed by atoms with Crippen LogP contribution in [0.1, 0.15) is 32.3 Å². The van der Waals surface area contributed by atoms with Gasteiger partial charge in [-0.3, -0.25) is 14.3 Å². The van der Waals surface area contributed by atoms with Crippen LogP contribution >= 0.6 is 11.8 Å². The van der Waals surface area contributed by atoms with Gasteiger partial charge in [-0.25, -0.2) is 0 Å². The summed E-state index contributed by atoms with van der Waals surface area (Å²) in [6.07, 6.45) is 5.54. The zero-order valence-electron chi connectivity index (χ0n) is 16.2. The van der Waals surface area contributed by atoms with Gasteiger partial charge in [-0.15, -0.1) is 10.2 Å². The molecule has 0 aliphatic heterocycles. The quantitative estimate of drug-likeness (QED) is 0.558. The maximum absolute atomic E-state index is 12.2. The molecule has 1 amide bonds. The standard InChI is InChI=1S/C21H25N5OS/c1-3-8-16(2)23-19(27)15-28-21-25-24-20(18-11-7-12-22-13-18)26(21)14-17-9-5-4-6-10-17/h4-7,9-13,16H,3,8,14-15H2,1-2H3,(H,23,27)/t16-/m0/s1. The number of rotatable bonds is 9. The Balaban J connectivity index is 1.78. The summed E-state index contributed by atoms with van der Waals surface area (Å²) in [5.74, 6) is 1.08. The molecule has 0 radical (unpaired) electrons. The molecule has 1 atom stereocenters. The van der Waals surface area contributed by atoms with Crippen molar-refractivity contribution in [3.8, 4) is 11.4 Å². The lowest BCUT2D eigenvalue weighted by atomic mass is 10.2. The first-order chi connectivity index (χ1) is 13.7. The summed E-state index contributed by atoms with van der Waals surface area (Å²) in [5.41, 5.74) is 2.05. The summed E-state index contributed by atoms with van der Waals surface area (Å²) < 4.78 is 2.04. The van der Waals surface area contributed by atoms with Crippen LogP contribution in [0.2, 0.25) is 0 Å². The van der Waals surface area contributed by atoms with Crippen LogP contribution in [-0.4, -0.2) is 37.5 Å². The van der Waals surface area contributed by atoms with E-state index in [9.17, 15) is 4.79 Å². The fraction of sp³-hybridized carbons (Fsp3) is 0.333. The molecule has 7 heteroatoms. The van der Waals surface area contributed by atoms with Gasteiger partial charge in [0.05, 0.1) is 12.3 Å². The van der Waals surface area contributed by atoms with E-state index in [1.807, 2.05) is 41.8 Å². The topological polar surface area (TPSA) is 72.7 Å². The van der Waals surface area contributed by atoms with Gasteiger partial charge in [-0.05, 0) is 31.0 Å². The van der Waals surface area contributed by atoms with Gasteiger partial charge < -0.3 is 5.32 Å². The number of benzene rings is 1. The molecule has 0 aliphatic rings. The number of amides is 1. The molecule has 3 rings (SSSR count). The van der Waals surface area contributed by atoms with Gasteiger partial charge in [-0.2, -0.15) is 0 Å². The van der Waals surface area contributed by atoms with E-state index in [-0.39, 0.29) is 11.9 Å². The van der Waals surface area contributed by atoms with Crippen molar-refractivity contribution in [2.24, 2.45) is 0 Å². The average molecular weight is 396 g/mol. The highest BCUT2D eigenvalue weighted by Crippen LogP contribution is 2.24. The minimum absolute atomic E-state index is 0.0168. The van der Waals surface area contributed by atoms with E-state index in [1.165, 1.54) is 11.8 Å². The van der Waals surface area contributed by atoms with Crippen molar-refractivity contribution in [2.75, 3.05) is 5.75 Å². The van der Waals surface area contributed by atoms with Crippen LogP contribution in [-0.2, 0) is 11.3 Å². The third kappa shape index (κ3) is 5.42. The van der Waals surface area contributed by atoms with Crippen molar-refractivity contribution in [3.63, 3.8) is 0 Å². The fourth-order valence-electron chi connectivity index (χ4n) is 2.96. The summed E-state index contributed by atoms with van der Waals surface area (Å²) >= 11 is 1.41. The van der Waals surface area contributed by atoms with Crippen LogP contribution in [0, 0.1) is 0 Å². The predicted octanol–water partition coefficient (Wildman–Crippen LogP) is 3.79. The molecule has 28 heavy (non-hydrogen) atoms. The summed E-state index contributed by atoms with van der Waals surface area (Å²) in [7, 11) is 0. The molecule has 0 saturated heterocycles. The first-order valence-corrected chi connectivity index (χ1v) is 10.5. The number of nitrogens with one attached hydrogen (secondary N) is 1. The van der Waals surface area contributed by atoms with Crippen molar-refractivity contribution in [2.45, 2.75) is 44.4 Å². The highest BCUT2D eigenvalue weighted by atomic mass is 32.2. The Morgan fingerprint density at radius 1 is 1.18 bits per heavy atom. The molecule has 1 N–H and O–H groups in total. The van der Waals surface area contributed by atoms with Crippen molar-refractivity contribution < 1.29 is 4.79 Å². The van der Waals surface area contributed by atoms with Gasteiger partial charge in [0.2, 0.25) is 5.91 Å². The normalized spacial score (nSPS) is 11.9. The predicted molar refractivity (Wildman–Crippen MR) is 112 cm³/mol. The van der Waals surface area contributed by atoms with Crippen molar-refractivity contribution >= 4 is 17.7 Å². The van der Waals surface area contributed by atoms with Gasteiger partial charge in [0.1, 0.15) is 0 Å². The van der Waals surface area contributed by atoms with E-state index >= 15 is 0 Å². The molecule has 0 spiro atoms. The monoisotopic (exact) mass is 395 g/mol. The molecule has 0 bridgehead atoms. The molecule has 2 heterocycles. The largest absolute Gasteiger partial charge is 0.353 e. The Labute approximate surface area is 169 Å². The Kier molecular flexibility index (Phi) is 7.19. The highest BCUT2D eigenvalue weighted by Gasteiger charge is 2.16. The zero-order valence-corrected chi connectivity index (χ0v) is 17.0.